The SMILES string of the molecule is CNCC1CCN(C(=O)C2CC2c2cccc3ccccc23)CC1. The highest BCUT2D eigenvalue weighted by Gasteiger charge is 2.46. The first-order valence-electron chi connectivity index (χ1n) is 9.19. The molecular weight excluding hydrogens is 296 g/mol. The van der Waals surface area contributed by atoms with Crippen molar-refractivity contribution < 1.29 is 4.79 Å². The van der Waals surface area contributed by atoms with Crippen molar-refractivity contribution in [2.75, 3.05) is 26.7 Å². The number of hydrogen-bond acceptors (Lipinski definition) is 2. The molecule has 1 aliphatic heterocycles. The van der Waals surface area contributed by atoms with Crippen LogP contribution < -0.4 is 5.32 Å². The third-order valence-corrected chi connectivity index (χ3v) is 5.75. The van der Waals surface area contributed by atoms with Crippen LogP contribution in [-0.4, -0.2) is 37.5 Å². The Balaban J connectivity index is 1.43. The van der Waals surface area contributed by atoms with Gasteiger partial charge in [0.15, 0.2) is 0 Å². The summed E-state index contributed by atoms with van der Waals surface area (Å²) in [5, 5.41) is 5.85. The monoisotopic (exact) mass is 322 g/mol. The first-order valence-corrected chi connectivity index (χ1v) is 9.19. The van der Waals surface area contributed by atoms with Crippen molar-refractivity contribution in [3.8, 4) is 0 Å². The molecule has 126 valence electrons. The number of hydrogen-bond donors (Lipinski definition) is 1. The van der Waals surface area contributed by atoms with Crippen LogP contribution in [0.15, 0.2) is 42.5 Å². The summed E-state index contributed by atoms with van der Waals surface area (Å²) < 4.78 is 0. The van der Waals surface area contributed by atoms with Crippen molar-refractivity contribution >= 4 is 16.7 Å². The molecule has 1 amide bonds. The van der Waals surface area contributed by atoms with E-state index in [-0.39, 0.29) is 5.92 Å². The maximum absolute atomic E-state index is 12.9. The van der Waals surface area contributed by atoms with Crippen LogP contribution in [-0.2, 0) is 4.79 Å². The number of likely N-dealkylation sites (tertiary alicyclic amines) is 1. The van der Waals surface area contributed by atoms with Crippen molar-refractivity contribution in [3.05, 3.63) is 48.0 Å². The van der Waals surface area contributed by atoms with Gasteiger partial charge in [-0.25, -0.2) is 0 Å². The largest absolute Gasteiger partial charge is 0.342 e. The summed E-state index contributed by atoms with van der Waals surface area (Å²) in [6, 6.07) is 15.0. The zero-order valence-electron chi connectivity index (χ0n) is 14.4. The van der Waals surface area contributed by atoms with Crippen LogP contribution in [0.2, 0.25) is 0 Å². The van der Waals surface area contributed by atoms with Crippen molar-refractivity contribution in [2.45, 2.75) is 25.2 Å². The van der Waals surface area contributed by atoms with Crippen molar-refractivity contribution in [2.24, 2.45) is 11.8 Å². The number of rotatable bonds is 4. The Hall–Kier alpha value is -1.87. The van der Waals surface area contributed by atoms with E-state index in [9.17, 15) is 4.79 Å². The lowest BCUT2D eigenvalue weighted by molar-refractivity contribution is -0.134. The number of benzene rings is 2. The molecule has 3 heteroatoms. The lowest BCUT2D eigenvalue weighted by Gasteiger charge is -2.32. The highest BCUT2D eigenvalue weighted by Crippen LogP contribution is 2.50. The molecule has 1 N–H and O–H groups in total. The molecule has 1 aliphatic carbocycles. The van der Waals surface area contributed by atoms with E-state index in [4.69, 9.17) is 0 Å². The highest BCUT2D eigenvalue weighted by atomic mass is 16.2. The minimum Gasteiger partial charge on any atom is -0.342 e. The fraction of sp³-hybridized carbons (Fsp3) is 0.476. The zero-order valence-corrected chi connectivity index (χ0v) is 14.4. The van der Waals surface area contributed by atoms with Crippen LogP contribution >= 0.6 is 0 Å². The number of piperidine rings is 1. The quantitative estimate of drug-likeness (QED) is 0.936. The Labute approximate surface area is 144 Å². The summed E-state index contributed by atoms with van der Waals surface area (Å²) in [5.74, 6) is 1.73. The van der Waals surface area contributed by atoms with E-state index in [0.717, 1.165) is 44.8 Å². The molecule has 0 spiro atoms. The Bertz CT molecular complexity index is 728. The third kappa shape index (κ3) is 2.93. The fourth-order valence-electron chi connectivity index (χ4n) is 4.27. The molecule has 4 rings (SSSR count). The number of carbonyl (C=O) groups is 1. The van der Waals surface area contributed by atoms with E-state index in [1.165, 1.54) is 16.3 Å². The summed E-state index contributed by atoms with van der Waals surface area (Å²) >= 11 is 0. The van der Waals surface area contributed by atoms with Gasteiger partial charge in [0.25, 0.3) is 0 Å². The summed E-state index contributed by atoms with van der Waals surface area (Å²) in [4.78, 5) is 15.0. The molecule has 24 heavy (non-hydrogen) atoms. The summed E-state index contributed by atoms with van der Waals surface area (Å²) in [5.41, 5.74) is 1.36. The second-order valence-electron chi connectivity index (χ2n) is 7.34. The molecule has 0 radical (unpaired) electrons. The van der Waals surface area contributed by atoms with Gasteiger partial charge in [-0.3, -0.25) is 4.79 Å². The van der Waals surface area contributed by atoms with Gasteiger partial charge < -0.3 is 10.2 Å². The minimum absolute atomic E-state index is 0.205. The smallest absolute Gasteiger partial charge is 0.226 e. The minimum atomic E-state index is 0.205. The van der Waals surface area contributed by atoms with Crippen LogP contribution in [0.5, 0.6) is 0 Å². The van der Waals surface area contributed by atoms with Crippen LogP contribution in [0, 0.1) is 11.8 Å². The van der Waals surface area contributed by atoms with Gasteiger partial charge in [-0.15, -0.1) is 0 Å². The van der Waals surface area contributed by atoms with Crippen molar-refractivity contribution in [1.82, 2.24) is 10.2 Å². The molecule has 1 saturated heterocycles. The van der Waals surface area contributed by atoms with Gasteiger partial charge in [-0.2, -0.15) is 0 Å². The van der Waals surface area contributed by atoms with Crippen LogP contribution in [0.25, 0.3) is 10.8 Å². The summed E-state index contributed by atoms with van der Waals surface area (Å²) in [7, 11) is 2.01. The topological polar surface area (TPSA) is 32.3 Å². The Morgan fingerprint density at radius 3 is 2.67 bits per heavy atom. The van der Waals surface area contributed by atoms with Crippen LogP contribution in [0.4, 0.5) is 0 Å². The Morgan fingerprint density at radius 1 is 1.12 bits per heavy atom. The van der Waals surface area contributed by atoms with Gasteiger partial charge in [0.1, 0.15) is 0 Å². The average Bonchev–Trinajstić information content (AvgIpc) is 3.42. The Kier molecular flexibility index (Phi) is 4.28. The molecule has 2 aliphatic rings. The molecule has 0 aromatic heterocycles. The van der Waals surface area contributed by atoms with Crippen LogP contribution in [0.1, 0.15) is 30.7 Å². The predicted molar refractivity (Wildman–Crippen MR) is 98.0 cm³/mol. The van der Waals surface area contributed by atoms with E-state index in [1.54, 1.807) is 0 Å². The van der Waals surface area contributed by atoms with Gasteiger partial charge in [-0.1, -0.05) is 42.5 Å². The molecule has 2 aromatic carbocycles. The van der Waals surface area contributed by atoms with E-state index >= 15 is 0 Å². The summed E-state index contributed by atoms with van der Waals surface area (Å²) in [6.07, 6.45) is 3.29. The molecule has 2 atom stereocenters. The normalized spacial score (nSPS) is 24.3. The van der Waals surface area contributed by atoms with Gasteiger partial charge in [0.2, 0.25) is 5.91 Å². The molecule has 0 bridgehead atoms. The maximum atomic E-state index is 12.9. The number of amides is 1. The van der Waals surface area contributed by atoms with E-state index in [0.29, 0.717) is 11.8 Å². The van der Waals surface area contributed by atoms with E-state index in [1.807, 2.05) is 7.05 Å². The van der Waals surface area contributed by atoms with Crippen molar-refractivity contribution in [3.63, 3.8) is 0 Å². The molecule has 1 saturated carbocycles. The van der Waals surface area contributed by atoms with Crippen LogP contribution in [0.3, 0.4) is 0 Å². The standard InChI is InChI=1S/C21H26N2O/c1-22-14-15-9-11-23(12-10-15)21(24)20-13-19(20)18-8-4-6-16-5-2-3-7-17(16)18/h2-8,15,19-20,22H,9-14H2,1H3. The second kappa shape index (κ2) is 6.56. The van der Waals surface area contributed by atoms with Gasteiger partial charge in [0.05, 0.1) is 0 Å². The number of nitrogens with zero attached hydrogens (tertiary/aromatic N) is 1. The lowest BCUT2D eigenvalue weighted by atomic mass is 9.96. The molecule has 1 heterocycles. The molecule has 3 nitrogen and oxygen atoms in total. The highest BCUT2D eigenvalue weighted by molar-refractivity contribution is 5.89. The number of fused-ring (bicyclic) bond motifs is 1. The third-order valence-electron chi connectivity index (χ3n) is 5.75. The molecule has 2 unspecified atom stereocenters. The number of nitrogens with one attached hydrogen (secondary N) is 1. The summed E-state index contributed by atoms with van der Waals surface area (Å²) in [6.45, 7) is 2.94. The molecule has 2 fully saturated rings. The zero-order chi connectivity index (χ0) is 16.5. The number of carbonyl (C=O) groups excluding carboxylic acids is 1. The Morgan fingerprint density at radius 2 is 1.88 bits per heavy atom. The lowest BCUT2D eigenvalue weighted by Crippen LogP contribution is -2.41. The molecular formula is C21H26N2O. The van der Waals surface area contributed by atoms with Crippen molar-refractivity contribution in [1.29, 1.82) is 0 Å². The average molecular weight is 322 g/mol. The second-order valence-corrected chi connectivity index (χ2v) is 7.34. The van der Waals surface area contributed by atoms with Gasteiger partial charge >= 0.3 is 0 Å². The van der Waals surface area contributed by atoms with Gasteiger partial charge in [-0.05, 0) is 61.0 Å². The first kappa shape index (κ1) is 15.6. The fourth-order valence-corrected chi connectivity index (χ4v) is 4.27. The van der Waals surface area contributed by atoms with Gasteiger partial charge in [0, 0.05) is 19.0 Å². The molecule has 2 aromatic rings. The first-order chi connectivity index (χ1) is 11.8. The van der Waals surface area contributed by atoms with E-state index < -0.39 is 0 Å². The van der Waals surface area contributed by atoms with E-state index in [2.05, 4.69) is 52.7 Å². The predicted octanol–water partition coefficient (Wildman–Crippen LogP) is 3.40. The maximum Gasteiger partial charge on any atom is 0.226 e.